The van der Waals surface area contributed by atoms with Crippen LogP contribution in [0.1, 0.15) is 37.8 Å². The van der Waals surface area contributed by atoms with Gasteiger partial charge in [-0.15, -0.1) is 0 Å². The number of fused-ring (bicyclic) bond motifs is 1. The van der Waals surface area contributed by atoms with Gasteiger partial charge in [0, 0.05) is 73.7 Å². The topological polar surface area (TPSA) is 86.4 Å². The number of likely N-dealkylation sites (tertiary alicyclic amines) is 1. The number of hydrogen-bond donors (Lipinski definition) is 2. The zero-order valence-electron chi connectivity index (χ0n) is 23.4. The molecule has 1 aliphatic rings. The maximum absolute atomic E-state index is 14.1. The van der Waals surface area contributed by atoms with Crippen LogP contribution >= 0.6 is 0 Å². The van der Waals surface area contributed by atoms with Gasteiger partial charge in [0.2, 0.25) is 5.95 Å². The molecule has 5 rings (SSSR count). The number of anilines is 1. The summed E-state index contributed by atoms with van der Waals surface area (Å²) in [5.74, 6) is 0.411. The number of piperidine rings is 1. The highest BCUT2D eigenvalue weighted by molar-refractivity contribution is 5.96. The summed E-state index contributed by atoms with van der Waals surface area (Å²) in [6.07, 6.45) is -1.15. The Kier molecular flexibility index (Phi) is 7.65. The zero-order valence-corrected chi connectivity index (χ0v) is 23.4. The van der Waals surface area contributed by atoms with Crippen molar-refractivity contribution in [3.05, 3.63) is 72.1 Å². The van der Waals surface area contributed by atoms with Crippen molar-refractivity contribution in [2.75, 3.05) is 26.0 Å². The normalized spacial score (nSPS) is 17.4. The number of amides is 1. The molecule has 1 amide bonds. The molecule has 2 aromatic heterocycles. The third-order valence-electron chi connectivity index (χ3n) is 7.52. The van der Waals surface area contributed by atoms with Crippen molar-refractivity contribution in [3.8, 4) is 17.0 Å². The van der Waals surface area contributed by atoms with Gasteiger partial charge < -0.3 is 19.9 Å². The van der Waals surface area contributed by atoms with Gasteiger partial charge in [0.05, 0.1) is 5.69 Å². The van der Waals surface area contributed by atoms with Crippen molar-refractivity contribution in [3.63, 3.8) is 0 Å². The molecule has 2 N–H and O–H groups in total. The minimum absolute atomic E-state index is 0.0239. The lowest BCUT2D eigenvalue weighted by Gasteiger charge is -2.45. The number of nitrogens with one attached hydrogen (secondary N) is 2. The van der Waals surface area contributed by atoms with Gasteiger partial charge in [-0.2, -0.15) is 13.2 Å². The summed E-state index contributed by atoms with van der Waals surface area (Å²) in [6, 6.07) is 14.9. The van der Waals surface area contributed by atoms with E-state index in [1.54, 1.807) is 32.3 Å². The number of ether oxygens (including phenoxy) is 1. The number of halogens is 3. The fourth-order valence-corrected chi connectivity index (χ4v) is 5.09. The summed E-state index contributed by atoms with van der Waals surface area (Å²) >= 11 is 0. The molecular weight excluding hydrogens is 533 g/mol. The highest BCUT2D eigenvalue weighted by Crippen LogP contribution is 2.39. The summed E-state index contributed by atoms with van der Waals surface area (Å²) in [5, 5.41) is 3.81. The van der Waals surface area contributed by atoms with Gasteiger partial charge in [-0.1, -0.05) is 30.3 Å². The Bertz CT molecular complexity index is 1530. The summed E-state index contributed by atoms with van der Waals surface area (Å²) in [6.45, 7) is 5.89. The van der Waals surface area contributed by atoms with E-state index in [2.05, 4.69) is 51.1 Å². The van der Waals surface area contributed by atoms with Gasteiger partial charge in [0.15, 0.2) is 0 Å². The molecule has 1 saturated heterocycles. The highest BCUT2D eigenvalue weighted by Gasteiger charge is 2.37. The van der Waals surface area contributed by atoms with Crippen molar-refractivity contribution in [2.45, 2.75) is 51.0 Å². The van der Waals surface area contributed by atoms with Crippen LogP contribution in [0.5, 0.6) is 5.75 Å². The van der Waals surface area contributed by atoms with E-state index < -0.39 is 17.8 Å². The van der Waals surface area contributed by atoms with Crippen LogP contribution in [0, 0.1) is 0 Å². The van der Waals surface area contributed by atoms with Crippen LogP contribution in [0.4, 0.5) is 23.9 Å². The molecule has 41 heavy (non-hydrogen) atoms. The lowest BCUT2D eigenvalue weighted by molar-refractivity contribution is -0.137. The van der Waals surface area contributed by atoms with Crippen LogP contribution < -0.4 is 10.1 Å². The molecule has 1 atom stereocenters. The maximum atomic E-state index is 14.1. The fourth-order valence-electron chi connectivity index (χ4n) is 5.09. The number of nitrogens with zero attached hydrogens (tertiary/aromatic N) is 4. The molecule has 216 valence electrons. The van der Waals surface area contributed by atoms with Crippen molar-refractivity contribution in [1.82, 2.24) is 24.8 Å². The van der Waals surface area contributed by atoms with Crippen LogP contribution in [-0.4, -0.2) is 63.1 Å². The van der Waals surface area contributed by atoms with E-state index in [0.29, 0.717) is 17.4 Å². The van der Waals surface area contributed by atoms with E-state index in [1.165, 1.54) is 16.7 Å². The number of aromatic nitrogens is 3. The number of carbonyl (C=O) groups excluding carboxylic acids is 1. The number of benzene rings is 2. The smallest absolute Gasteiger partial charge is 0.410 e. The van der Waals surface area contributed by atoms with Crippen molar-refractivity contribution >= 4 is 22.9 Å². The molecule has 0 aliphatic carbocycles. The van der Waals surface area contributed by atoms with E-state index in [4.69, 9.17) is 4.74 Å². The van der Waals surface area contributed by atoms with Crippen LogP contribution in [0.3, 0.4) is 0 Å². The Morgan fingerprint density at radius 3 is 2.66 bits per heavy atom. The number of hydrogen-bond acceptors (Lipinski definition) is 6. The van der Waals surface area contributed by atoms with Crippen LogP contribution in [0.2, 0.25) is 0 Å². The van der Waals surface area contributed by atoms with Crippen LogP contribution in [-0.2, 0) is 12.7 Å². The van der Waals surface area contributed by atoms with E-state index in [0.717, 1.165) is 25.6 Å². The molecular formula is C30H33F3N6O2. The SMILES string of the molecule is CN(C)C(=O)Oc1ccc2c(-c3nc(N[C@H]4CCC(C)(C)N(Cc5ccccc5)C4)ncc3C(F)(F)F)c[nH]c2c1. The van der Waals surface area contributed by atoms with Gasteiger partial charge in [-0.05, 0) is 44.4 Å². The fraction of sp³-hybridized carbons (Fsp3) is 0.367. The molecule has 1 fully saturated rings. The number of carbonyl (C=O) groups is 1. The Hall–Kier alpha value is -4.12. The van der Waals surface area contributed by atoms with Gasteiger partial charge in [-0.3, -0.25) is 4.90 Å². The van der Waals surface area contributed by atoms with Crippen molar-refractivity contribution < 1.29 is 22.7 Å². The first-order valence-electron chi connectivity index (χ1n) is 13.4. The lowest BCUT2D eigenvalue weighted by Crippen LogP contribution is -2.53. The molecule has 0 bridgehead atoms. The van der Waals surface area contributed by atoms with E-state index in [1.807, 2.05) is 18.2 Å². The molecule has 0 radical (unpaired) electrons. The van der Waals surface area contributed by atoms with Gasteiger partial charge in [-0.25, -0.2) is 14.8 Å². The first kappa shape index (κ1) is 28.4. The summed E-state index contributed by atoms with van der Waals surface area (Å²) < 4.78 is 47.5. The summed E-state index contributed by atoms with van der Waals surface area (Å²) in [7, 11) is 3.12. The highest BCUT2D eigenvalue weighted by atomic mass is 19.4. The second-order valence-electron chi connectivity index (χ2n) is 11.2. The minimum atomic E-state index is -4.65. The maximum Gasteiger partial charge on any atom is 0.419 e. The van der Waals surface area contributed by atoms with Crippen molar-refractivity contribution in [1.29, 1.82) is 0 Å². The summed E-state index contributed by atoms with van der Waals surface area (Å²) in [4.78, 5) is 27.0. The van der Waals surface area contributed by atoms with Gasteiger partial charge in [0.1, 0.15) is 11.3 Å². The van der Waals surface area contributed by atoms with Gasteiger partial charge in [0.25, 0.3) is 0 Å². The molecule has 0 spiro atoms. The number of alkyl halides is 3. The van der Waals surface area contributed by atoms with Crippen molar-refractivity contribution in [2.24, 2.45) is 0 Å². The largest absolute Gasteiger partial charge is 0.419 e. The Morgan fingerprint density at radius 1 is 1.20 bits per heavy atom. The number of aromatic amines is 1. The molecule has 3 heterocycles. The molecule has 4 aromatic rings. The molecule has 1 aliphatic heterocycles. The quantitative estimate of drug-likeness (QED) is 0.275. The zero-order chi connectivity index (χ0) is 29.4. The second-order valence-corrected chi connectivity index (χ2v) is 11.2. The molecule has 11 heteroatoms. The third-order valence-corrected chi connectivity index (χ3v) is 7.52. The van der Waals surface area contributed by atoms with Gasteiger partial charge >= 0.3 is 12.3 Å². The predicted molar refractivity (Wildman–Crippen MR) is 152 cm³/mol. The molecule has 8 nitrogen and oxygen atoms in total. The first-order chi connectivity index (χ1) is 19.4. The van der Waals surface area contributed by atoms with E-state index in [9.17, 15) is 18.0 Å². The first-order valence-corrected chi connectivity index (χ1v) is 13.4. The lowest BCUT2D eigenvalue weighted by atomic mass is 9.87. The Balaban J connectivity index is 1.42. The average molecular weight is 567 g/mol. The average Bonchev–Trinajstić information content (AvgIpc) is 3.34. The third kappa shape index (κ3) is 6.30. The number of rotatable bonds is 6. The Morgan fingerprint density at radius 2 is 1.95 bits per heavy atom. The molecule has 0 saturated carbocycles. The molecule has 0 unspecified atom stereocenters. The van der Waals surface area contributed by atoms with Crippen LogP contribution in [0.25, 0.3) is 22.2 Å². The van der Waals surface area contributed by atoms with E-state index in [-0.39, 0.29) is 34.5 Å². The Labute approximate surface area is 236 Å². The predicted octanol–water partition coefficient (Wildman–Crippen LogP) is 6.56. The standard InChI is InChI=1S/C30H33F3N6O2/c1-29(2)13-12-20(18-39(29)17-19-8-6-5-7-9-19)36-27-35-16-24(30(31,32)33)26(37-27)23-15-34-25-14-21(10-11-22(23)25)41-28(40)38(3)4/h5-11,14-16,20,34H,12-13,17-18H2,1-4H3,(H,35,36,37)/t20-/m0/s1. The number of H-pyrrole nitrogens is 1. The van der Waals surface area contributed by atoms with Crippen LogP contribution in [0.15, 0.2) is 60.9 Å². The summed E-state index contributed by atoms with van der Waals surface area (Å²) in [5.41, 5.74) is 0.812. The molecule has 2 aromatic carbocycles. The minimum Gasteiger partial charge on any atom is -0.410 e. The monoisotopic (exact) mass is 566 g/mol. The second kappa shape index (κ2) is 11.0. The van der Waals surface area contributed by atoms with E-state index >= 15 is 0 Å².